The molecule has 9 nitrogen and oxygen atoms in total. The third-order valence-electron chi connectivity index (χ3n) is 3.97. The first kappa shape index (κ1) is 19.4. The van der Waals surface area contributed by atoms with Gasteiger partial charge in [0.25, 0.3) is 0 Å². The van der Waals surface area contributed by atoms with Gasteiger partial charge in [-0.15, -0.1) is 0 Å². The van der Waals surface area contributed by atoms with E-state index in [2.05, 4.69) is 5.32 Å². The Morgan fingerprint density at radius 2 is 2.04 bits per heavy atom. The minimum Gasteiger partial charge on any atom is -0.507 e. The van der Waals surface area contributed by atoms with E-state index in [0.717, 1.165) is 6.42 Å². The number of phenols is 1. The molecule has 2 rings (SSSR count). The van der Waals surface area contributed by atoms with Gasteiger partial charge in [-0.1, -0.05) is 6.92 Å². The van der Waals surface area contributed by atoms with Crippen molar-refractivity contribution in [3.8, 4) is 5.75 Å². The number of hydrogen-bond acceptors (Lipinski definition) is 9. The summed E-state index contributed by atoms with van der Waals surface area (Å²) < 4.78 is 10.2. The summed E-state index contributed by atoms with van der Waals surface area (Å²) >= 11 is 0. The summed E-state index contributed by atoms with van der Waals surface area (Å²) in [5, 5.41) is 42.8. The zero-order valence-corrected chi connectivity index (χ0v) is 13.8. The van der Waals surface area contributed by atoms with Crippen molar-refractivity contribution in [3.05, 3.63) is 23.8 Å². The fraction of sp³-hybridized carbons (Fsp3) is 0.562. The van der Waals surface area contributed by atoms with Crippen molar-refractivity contribution in [3.63, 3.8) is 0 Å². The number of rotatable bonds is 6. The van der Waals surface area contributed by atoms with Gasteiger partial charge in [0.15, 0.2) is 6.29 Å². The molecule has 0 bridgehead atoms. The molecule has 0 aliphatic carbocycles. The molecule has 1 aliphatic rings. The second-order valence-corrected chi connectivity index (χ2v) is 5.90. The van der Waals surface area contributed by atoms with Crippen LogP contribution in [-0.4, -0.2) is 70.2 Å². The Kier molecular flexibility index (Phi) is 6.57. The number of nitrogen functional groups attached to an aromatic ring is 1. The van der Waals surface area contributed by atoms with Gasteiger partial charge >= 0.3 is 5.97 Å². The first-order valence-electron chi connectivity index (χ1n) is 8.03. The van der Waals surface area contributed by atoms with Crippen molar-refractivity contribution >= 4 is 11.7 Å². The number of carbonyl (C=O) groups is 1. The molecule has 0 aromatic heterocycles. The van der Waals surface area contributed by atoms with E-state index in [1.807, 2.05) is 6.92 Å². The van der Waals surface area contributed by atoms with Gasteiger partial charge in [-0.25, -0.2) is 4.79 Å². The fourth-order valence-corrected chi connectivity index (χ4v) is 2.57. The van der Waals surface area contributed by atoms with Crippen LogP contribution in [0.5, 0.6) is 5.75 Å². The largest absolute Gasteiger partial charge is 0.507 e. The molecule has 1 aromatic rings. The number of benzene rings is 1. The number of aliphatic hydroxyl groups excluding tert-OH is 3. The maximum absolute atomic E-state index is 12.0. The van der Waals surface area contributed by atoms with Crippen molar-refractivity contribution < 1.29 is 34.7 Å². The number of anilines is 1. The van der Waals surface area contributed by atoms with Crippen LogP contribution in [0.3, 0.4) is 0 Å². The molecule has 25 heavy (non-hydrogen) atoms. The predicted octanol–water partition coefficient (Wildman–Crippen LogP) is -1.06. The molecule has 1 fully saturated rings. The van der Waals surface area contributed by atoms with Gasteiger partial charge in [0.1, 0.15) is 36.2 Å². The van der Waals surface area contributed by atoms with Crippen molar-refractivity contribution in [2.45, 2.75) is 44.0 Å². The summed E-state index contributed by atoms with van der Waals surface area (Å²) in [6.45, 7) is 2.03. The molecule has 1 heterocycles. The summed E-state index contributed by atoms with van der Waals surface area (Å²) in [6.07, 6.45) is -4.36. The lowest BCUT2D eigenvalue weighted by molar-refractivity contribution is -0.254. The first-order chi connectivity index (χ1) is 11.8. The van der Waals surface area contributed by atoms with E-state index in [9.17, 15) is 25.2 Å². The van der Waals surface area contributed by atoms with E-state index in [1.54, 1.807) is 0 Å². The molecule has 0 saturated carbocycles. The zero-order valence-electron chi connectivity index (χ0n) is 13.8. The molecule has 2 unspecified atom stereocenters. The van der Waals surface area contributed by atoms with Crippen LogP contribution in [0.15, 0.2) is 18.2 Å². The van der Waals surface area contributed by atoms with E-state index in [0.29, 0.717) is 6.54 Å². The highest BCUT2D eigenvalue weighted by molar-refractivity contribution is 5.93. The molecule has 5 atom stereocenters. The average Bonchev–Trinajstić information content (AvgIpc) is 2.58. The molecule has 0 amide bonds. The van der Waals surface area contributed by atoms with Crippen LogP contribution in [0.2, 0.25) is 0 Å². The number of aromatic hydroxyl groups is 1. The molecule has 9 heteroatoms. The van der Waals surface area contributed by atoms with E-state index >= 15 is 0 Å². The van der Waals surface area contributed by atoms with Crippen LogP contribution in [0, 0.1) is 0 Å². The van der Waals surface area contributed by atoms with Crippen LogP contribution < -0.4 is 11.1 Å². The number of aliphatic hydroxyl groups is 3. The van der Waals surface area contributed by atoms with Crippen LogP contribution in [0.1, 0.15) is 23.7 Å². The number of hydrogen-bond donors (Lipinski definition) is 6. The lowest BCUT2D eigenvalue weighted by Gasteiger charge is -2.40. The number of phenolic OH excluding ortho intramolecular Hbond substituents is 1. The molecule has 1 aromatic carbocycles. The Labute approximate surface area is 145 Å². The van der Waals surface area contributed by atoms with Gasteiger partial charge in [0.2, 0.25) is 0 Å². The van der Waals surface area contributed by atoms with E-state index in [-0.39, 0.29) is 17.0 Å². The predicted molar refractivity (Wildman–Crippen MR) is 87.8 cm³/mol. The molecule has 1 saturated heterocycles. The molecule has 0 spiro atoms. The maximum atomic E-state index is 12.0. The van der Waals surface area contributed by atoms with Crippen LogP contribution in [-0.2, 0) is 9.47 Å². The van der Waals surface area contributed by atoms with Crippen molar-refractivity contribution in [2.75, 3.05) is 18.9 Å². The Hall–Kier alpha value is -1.91. The van der Waals surface area contributed by atoms with E-state index < -0.39 is 43.2 Å². The summed E-state index contributed by atoms with van der Waals surface area (Å²) in [6, 6.07) is 3.09. The van der Waals surface area contributed by atoms with Crippen molar-refractivity contribution in [1.82, 2.24) is 5.32 Å². The second kappa shape index (κ2) is 8.45. The maximum Gasteiger partial charge on any atom is 0.342 e. The van der Waals surface area contributed by atoms with Gasteiger partial charge in [-0.05, 0) is 31.2 Å². The van der Waals surface area contributed by atoms with Crippen LogP contribution in [0.25, 0.3) is 0 Å². The Morgan fingerprint density at radius 1 is 1.32 bits per heavy atom. The second-order valence-electron chi connectivity index (χ2n) is 5.90. The number of ether oxygens (including phenoxy) is 2. The minimum absolute atomic E-state index is 0.131. The molecule has 7 N–H and O–H groups in total. The quantitative estimate of drug-likeness (QED) is 0.212. The van der Waals surface area contributed by atoms with E-state index in [4.69, 9.17) is 15.2 Å². The summed E-state index contributed by atoms with van der Waals surface area (Å²) in [5.74, 6) is -1.16. The average molecular weight is 356 g/mol. The smallest absolute Gasteiger partial charge is 0.342 e. The number of nitrogens with two attached hydrogens (primary N) is 1. The highest BCUT2D eigenvalue weighted by Crippen LogP contribution is 2.23. The highest BCUT2D eigenvalue weighted by Gasteiger charge is 2.44. The molecular weight excluding hydrogens is 332 g/mol. The van der Waals surface area contributed by atoms with Crippen LogP contribution >= 0.6 is 0 Å². The van der Waals surface area contributed by atoms with E-state index in [1.165, 1.54) is 18.2 Å². The summed E-state index contributed by atoms with van der Waals surface area (Å²) in [7, 11) is 0. The normalized spacial score (nSPS) is 29.4. The van der Waals surface area contributed by atoms with Crippen molar-refractivity contribution in [1.29, 1.82) is 0 Å². The Bertz CT molecular complexity index is 598. The fourth-order valence-electron chi connectivity index (χ4n) is 2.57. The molecule has 1 aliphatic heterocycles. The lowest BCUT2D eigenvalue weighted by Crippen LogP contribution is -2.63. The molecule has 0 radical (unpaired) electrons. The number of nitrogens with one attached hydrogen (secondary N) is 1. The van der Waals surface area contributed by atoms with Crippen LogP contribution in [0.4, 0.5) is 5.69 Å². The molecule has 140 valence electrons. The summed E-state index contributed by atoms with van der Waals surface area (Å²) in [4.78, 5) is 12.0. The van der Waals surface area contributed by atoms with Gasteiger partial charge in [0, 0.05) is 5.69 Å². The number of esters is 1. The Morgan fingerprint density at radius 3 is 2.72 bits per heavy atom. The highest BCUT2D eigenvalue weighted by atomic mass is 16.6. The summed E-state index contributed by atoms with van der Waals surface area (Å²) in [5.41, 5.74) is 5.70. The first-order valence-corrected chi connectivity index (χ1v) is 8.03. The minimum atomic E-state index is -1.37. The van der Waals surface area contributed by atoms with Gasteiger partial charge < -0.3 is 41.0 Å². The standard InChI is InChI=1S/C16H24N2O7/c1-2-5-18-12-14(21)13(20)11(25-16(12)23)7-24-15(22)9-6-8(17)3-4-10(9)19/h3-4,6,11-14,16,18-21,23H,2,5,7,17H2,1H3/t11?,12?,13-,14+,16+/m0/s1. The Balaban J connectivity index is 1.96. The lowest BCUT2D eigenvalue weighted by atomic mass is 9.97. The third kappa shape index (κ3) is 4.59. The zero-order chi connectivity index (χ0) is 18.6. The topological polar surface area (TPSA) is 154 Å². The van der Waals surface area contributed by atoms with Gasteiger partial charge in [-0.3, -0.25) is 0 Å². The molecular formula is C16H24N2O7. The van der Waals surface area contributed by atoms with Gasteiger partial charge in [-0.2, -0.15) is 0 Å². The van der Waals surface area contributed by atoms with Gasteiger partial charge in [0.05, 0.1) is 6.04 Å². The third-order valence-corrected chi connectivity index (χ3v) is 3.97. The monoisotopic (exact) mass is 356 g/mol. The van der Waals surface area contributed by atoms with Crippen molar-refractivity contribution in [2.24, 2.45) is 0 Å². The SMILES string of the molecule is CCCNC1[C@H](O)OC(COC(=O)c2cc(N)ccc2O)[C@H](O)[C@@H]1O. The number of carbonyl (C=O) groups excluding carboxylic acids is 1.